The minimum Gasteiger partial charge on any atom is -0.332 e. The molecule has 0 saturated heterocycles. The van der Waals surface area contributed by atoms with Crippen molar-refractivity contribution in [1.29, 1.82) is 0 Å². The maximum atomic E-state index is 13.1. The quantitative estimate of drug-likeness (QED) is 0.798. The first kappa shape index (κ1) is 13.1. The van der Waals surface area contributed by atoms with Crippen LogP contribution >= 0.6 is 0 Å². The molecule has 0 radical (unpaired) electrons. The van der Waals surface area contributed by atoms with E-state index in [1.165, 1.54) is 6.42 Å². The third-order valence-corrected chi connectivity index (χ3v) is 4.49. The van der Waals surface area contributed by atoms with Crippen molar-refractivity contribution in [1.82, 2.24) is 9.55 Å². The van der Waals surface area contributed by atoms with E-state index in [2.05, 4.69) is 17.1 Å². The number of hydrogen-bond acceptors (Lipinski definition) is 2. The summed E-state index contributed by atoms with van der Waals surface area (Å²) in [5.74, 6) is 0.756. The highest BCUT2D eigenvalue weighted by Gasteiger charge is 2.42. The molecule has 1 aliphatic rings. The molecular weight excluding hydrogens is 248 g/mol. The molecule has 2 aromatic rings. The maximum Gasteiger partial charge on any atom is 0.208 e. The Morgan fingerprint density at radius 1 is 1.15 bits per heavy atom. The molecule has 0 amide bonds. The molecule has 1 fully saturated rings. The summed E-state index contributed by atoms with van der Waals surface area (Å²) in [5.41, 5.74) is 0.770. The van der Waals surface area contributed by atoms with Gasteiger partial charge in [0.25, 0.3) is 0 Å². The van der Waals surface area contributed by atoms with Crippen molar-refractivity contribution in [3.63, 3.8) is 0 Å². The lowest BCUT2D eigenvalue weighted by Gasteiger charge is -2.36. The van der Waals surface area contributed by atoms with Crippen LogP contribution in [0.2, 0.25) is 0 Å². The van der Waals surface area contributed by atoms with Gasteiger partial charge in [-0.05, 0) is 18.4 Å². The van der Waals surface area contributed by atoms with E-state index in [-0.39, 0.29) is 11.2 Å². The van der Waals surface area contributed by atoms with E-state index in [9.17, 15) is 4.79 Å². The molecule has 0 N–H and O–H groups in total. The van der Waals surface area contributed by atoms with E-state index in [1.807, 2.05) is 36.0 Å². The minimum absolute atomic E-state index is 0.177. The highest BCUT2D eigenvalue weighted by atomic mass is 16.1. The third kappa shape index (κ3) is 2.07. The van der Waals surface area contributed by atoms with E-state index < -0.39 is 0 Å². The monoisotopic (exact) mass is 268 g/mol. The number of rotatable bonds is 3. The highest BCUT2D eigenvalue weighted by molar-refractivity contribution is 6.01. The van der Waals surface area contributed by atoms with Crippen molar-refractivity contribution in [3.8, 4) is 0 Å². The van der Waals surface area contributed by atoms with Crippen LogP contribution in [0.5, 0.6) is 0 Å². The molecule has 0 spiro atoms. The number of ketones is 1. The second kappa shape index (κ2) is 5.23. The Hall–Kier alpha value is -1.90. The summed E-state index contributed by atoms with van der Waals surface area (Å²) in [5, 5.41) is 0. The first-order chi connectivity index (χ1) is 9.74. The number of Topliss-reactive ketones (excluding diaryl/α,β-unsaturated/α-hetero) is 1. The lowest BCUT2D eigenvalue weighted by atomic mass is 9.66. The van der Waals surface area contributed by atoms with Gasteiger partial charge in [0, 0.05) is 19.4 Å². The number of carbonyl (C=O) groups is 1. The first-order valence-corrected chi connectivity index (χ1v) is 7.32. The zero-order chi connectivity index (χ0) is 14.0. The van der Waals surface area contributed by atoms with Crippen molar-refractivity contribution < 1.29 is 4.79 Å². The fraction of sp³-hybridized carbons (Fsp3) is 0.412. The summed E-state index contributed by atoms with van der Waals surface area (Å²) < 4.78 is 1.83. The Balaban J connectivity index is 2.07. The normalized spacial score (nSPS) is 17.9. The van der Waals surface area contributed by atoms with Crippen molar-refractivity contribution in [2.45, 2.75) is 37.5 Å². The van der Waals surface area contributed by atoms with Crippen molar-refractivity contribution in [2.24, 2.45) is 7.05 Å². The van der Waals surface area contributed by atoms with Gasteiger partial charge < -0.3 is 4.57 Å². The molecule has 3 rings (SSSR count). The van der Waals surface area contributed by atoms with Gasteiger partial charge in [-0.25, -0.2) is 4.98 Å². The Morgan fingerprint density at radius 3 is 2.45 bits per heavy atom. The molecule has 3 nitrogen and oxygen atoms in total. The lowest BCUT2D eigenvalue weighted by Crippen LogP contribution is -2.39. The van der Waals surface area contributed by atoms with Gasteiger partial charge in [-0.3, -0.25) is 4.79 Å². The van der Waals surface area contributed by atoms with Gasteiger partial charge in [0.2, 0.25) is 5.78 Å². The van der Waals surface area contributed by atoms with Crippen molar-refractivity contribution >= 4 is 5.78 Å². The van der Waals surface area contributed by atoms with Crippen molar-refractivity contribution in [3.05, 3.63) is 54.1 Å². The number of hydrogen-bond donors (Lipinski definition) is 0. The van der Waals surface area contributed by atoms with Gasteiger partial charge >= 0.3 is 0 Å². The van der Waals surface area contributed by atoms with E-state index in [4.69, 9.17) is 0 Å². The van der Waals surface area contributed by atoms with Gasteiger partial charge in [0.15, 0.2) is 5.82 Å². The van der Waals surface area contributed by atoms with Crippen LogP contribution in [0.4, 0.5) is 0 Å². The number of carbonyl (C=O) groups excluding carboxylic acids is 1. The van der Waals surface area contributed by atoms with Crippen LogP contribution in [0.1, 0.15) is 48.3 Å². The van der Waals surface area contributed by atoms with Crippen molar-refractivity contribution in [2.75, 3.05) is 0 Å². The van der Waals surface area contributed by atoms with Gasteiger partial charge in [-0.15, -0.1) is 0 Å². The van der Waals surface area contributed by atoms with E-state index in [0.29, 0.717) is 5.82 Å². The van der Waals surface area contributed by atoms with Crippen LogP contribution in [0.15, 0.2) is 42.7 Å². The topological polar surface area (TPSA) is 34.9 Å². The van der Waals surface area contributed by atoms with Gasteiger partial charge in [0.05, 0.1) is 5.41 Å². The van der Waals surface area contributed by atoms with Crippen LogP contribution in [0.25, 0.3) is 0 Å². The molecule has 20 heavy (non-hydrogen) atoms. The van der Waals surface area contributed by atoms with Crippen LogP contribution in [-0.2, 0) is 12.5 Å². The lowest BCUT2D eigenvalue weighted by molar-refractivity contribution is 0.0824. The molecule has 0 atom stereocenters. The number of nitrogens with zero attached hydrogens (tertiary/aromatic N) is 2. The van der Waals surface area contributed by atoms with Crippen LogP contribution in [0.3, 0.4) is 0 Å². The Morgan fingerprint density at radius 2 is 1.85 bits per heavy atom. The molecule has 0 unspecified atom stereocenters. The Kier molecular flexibility index (Phi) is 3.43. The van der Waals surface area contributed by atoms with Crippen LogP contribution in [-0.4, -0.2) is 15.3 Å². The summed E-state index contributed by atoms with van der Waals surface area (Å²) in [7, 11) is 1.89. The minimum atomic E-state index is -0.376. The average molecular weight is 268 g/mol. The molecule has 104 valence electrons. The summed E-state index contributed by atoms with van der Waals surface area (Å²) in [6.45, 7) is 0. The molecule has 1 heterocycles. The standard InChI is InChI=1S/C17H20N2O/c1-19-13-12-18-16(19)15(20)17(10-6-3-7-11-17)14-8-4-2-5-9-14/h2,4-5,8-9,12-13H,3,6-7,10-11H2,1H3. The zero-order valence-electron chi connectivity index (χ0n) is 11.9. The zero-order valence-corrected chi connectivity index (χ0v) is 11.9. The maximum absolute atomic E-state index is 13.1. The van der Waals surface area contributed by atoms with Gasteiger partial charge in [0.1, 0.15) is 0 Å². The van der Waals surface area contributed by atoms with E-state index in [0.717, 1.165) is 31.2 Å². The second-order valence-corrected chi connectivity index (χ2v) is 5.70. The van der Waals surface area contributed by atoms with Crippen LogP contribution in [0, 0.1) is 0 Å². The Bertz CT molecular complexity index is 594. The molecule has 0 bridgehead atoms. The summed E-state index contributed by atoms with van der Waals surface area (Å²) >= 11 is 0. The second-order valence-electron chi connectivity index (χ2n) is 5.70. The summed E-state index contributed by atoms with van der Waals surface area (Å²) in [4.78, 5) is 17.4. The Labute approximate surface area is 119 Å². The summed E-state index contributed by atoms with van der Waals surface area (Å²) in [6, 6.07) is 10.2. The van der Waals surface area contributed by atoms with E-state index >= 15 is 0 Å². The highest BCUT2D eigenvalue weighted by Crippen LogP contribution is 2.41. The largest absolute Gasteiger partial charge is 0.332 e. The average Bonchev–Trinajstić information content (AvgIpc) is 2.94. The van der Waals surface area contributed by atoms with E-state index in [1.54, 1.807) is 6.20 Å². The number of aryl methyl sites for hydroxylation is 1. The molecule has 1 aromatic heterocycles. The molecular formula is C17H20N2O. The van der Waals surface area contributed by atoms with Crippen LogP contribution < -0.4 is 0 Å². The fourth-order valence-corrected chi connectivity index (χ4v) is 3.36. The molecule has 1 saturated carbocycles. The third-order valence-electron chi connectivity index (χ3n) is 4.49. The number of aromatic nitrogens is 2. The summed E-state index contributed by atoms with van der Waals surface area (Å²) in [6.07, 6.45) is 8.87. The first-order valence-electron chi connectivity index (χ1n) is 7.32. The predicted octanol–water partition coefficient (Wildman–Crippen LogP) is 3.50. The molecule has 1 aliphatic carbocycles. The van der Waals surface area contributed by atoms with Gasteiger partial charge in [-0.1, -0.05) is 49.6 Å². The SMILES string of the molecule is Cn1ccnc1C(=O)C1(c2ccccc2)CCCCC1. The molecule has 1 aromatic carbocycles. The smallest absolute Gasteiger partial charge is 0.208 e. The number of imidazole rings is 1. The fourth-order valence-electron chi connectivity index (χ4n) is 3.36. The van der Waals surface area contributed by atoms with Gasteiger partial charge in [-0.2, -0.15) is 0 Å². The number of benzene rings is 1. The molecule has 3 heteroatoms. The predicted molar refractivity (Wildman–Crippen MR) is 78.7 cm³/mol. The molecule has 0 aliphatic heterocycles.